The summed E-state index contributed by atoms with van der Waals surface area (Å²) < 4.78 is 0.745. The maximum Gasteiger partial charge on any atom is 0.334 e. The molecule has 1 amide bonds. The summed E-state index contributed by atoms with van der Waals surface area (Å²) in [5, 5.41) is 9.73. The molecular formula is C12H13BrClNO3. The van der Waals surface area contributed by atoms with E-state index in [1.165, 1.54) is 20.9 Å². The van der Waals surface area contributed by atoms with Crippen molar-refractivity contribution in [3.8, 4) is 0 Å². The van der Waals surface area contributed by atoms with Crippen molar-refractivity contribution in [3.63, 3.8) is 0 Å². The lowest BCUT2D eigenvalue weighted by Crippen LogP contribution is -2.50. The molecule has 0 aliphatic heterocycles. The van der Waals surface area contributed by atoms with Crippen LogP contribution in [0.4, 0.5) is 0 Å². The predicted octanol–water partition coefficient (Wildman–Crippen LogP) is 2.88. The van der Waals surface area contributed by atoms with Crippen LogP contribution in [0.3, 0.4) is 0 Å². The zero-order valence-electron chi connectivity index (χ0n) is 10.2. The van der Waals surface area contributed by atoms with Gasteiger partial charge in [-0.15, -0.1) is 0 Å². The van der Waals surface area contributed by atoms with Gasteiger partial charge in [0, 0.05) is 29.0 Å². The lowest BCUT2D eigenvalue weighted by atomic mass is 9.90. The normalized spacial score (nSPS) is 13.8. The van der Waals surface area contributed by atoms with E-state index in [4.69, 9.17) is 11.6 Å². The van der Waals surface area contributed by atoms with Crippen LogP contribution in [0.2, 0.25) is 5.02 Å². The van der Waals surface area contributed by atoms with Crippen LogP contribution in [-0.4, -0.2) is 28.9 Å². The van der Waals surface area contributed by atoms with Crippen molar-refractivity contribution >= 4 is 39.4 Å². The van der Waals surface area contributed by atoms with Crippen LogP contribution in [0.1, 0.15) is 19.4 Å². The summed E-state index contributed by atoms with van der Waals surface area (Å²) in [6.45, 7) is 2.76. The number of likely N-dealkylation sites (N-methyl/N-ethyl adjacent to an activating group) is 1. The first-order valence-electron chi connectivity index (χ1n) is 5.14. The predicted molar refractivity (Wildman–Crippen MR) is 72.6 cm³/mol. The fourth-order valence-electron chi connectivity index (χ4n) is 1.64. The number of carbonyl (C=O) groups excluding carboxylic acids is 1. The van der Waals surface area contributed by atoms with Crippen LogP contribution in [0, 0.1) is 0 Å². The number of hydrogen-bond donors (Lipinski definition) is 1. The Bertz CT molecular complexity index is 506. The average molecular weight is 335 g/mol. The highest BCUT2D eigenvalue weighted by atomic mass is 79.9. The van der Waals surface area contributed by atoms with Crippen LogP contribution in [0.25, 0.3) is 0 Å². The van der Waals surface area contributed by atoms with E-state index in [0.29, 0.717) is 10.6 Å². The van der Waals surface area contributed by atoms with Gasteiger partial charge in [0.25, 0.3) is 0 Å². The Morgan fingerprint density at radius 2 is 2.00 bits per heavy atom. The highest BCUT2D eigenvalue weighted by molar-refractivity contribution is 9.10. The molecule has 0 fully saturated rings. The second-order valence-corrected chi connectivity index (χ2v) is 5.40. The molecule has 98 valence electrons. The van der Waals surface area contributed by atoms with E-state index in [1.807, 2.05) is 0 Å². The summed E-state index contributed by atoms with van der Waals surface area (Å²) in [4.78, 5) is 24.2. The quantitative estimate of drug-likeness (QED) is 0.924. The Morgan fingerprint density at radius 3 is 2.39 bits per heavy atom. The van der Waals surface area contributed by atoms with Crippen LogP contribution in [0.5, 0.6) is 0 Å². The number of benzene rings is 1. The Labute approximate surface area is 119 Å². The molecule has 1 aromatic rings. The van der Waals surface area contributed by atoms with Gasteiger partial charge in [0.1, 0.15) is 0 Å². The Balaban J connectivity index is 3.45. The molecule has 1 atom stereocenters. The SMILES string of the molecule is CC(=O)N(C)C(C)(C(=O)O)c1ccc(Br)cc1Cl. The highest BCUT2D eigenvalue weighted by Crippen LogP contribution is 2.34. The first-order valence-corrected chi connectivity index (χ1v) is 6.31. The number of halogens is 2. The van der Waals surface area contributed by atoms with Crippen molar-refractivity contribution in [1.82, 2.24) is 4.90 Å². The molecule has 18 heavy (non-hydrogen) atoms. The number of nitrogens with zero attached hydrogens (tertiary/aromatic N) is 1. The third-order valence-electron chi connectivity index (χ3n) is 3.02. The Morgan fingerprint density at radius 1 is 1.44 bits per heavy atom. The van der Waals surface area contributed by atoms with Crippen molar-refractivity contribution in [2.24, 2.45) is 0 Å². The zero-order chi connectivity index (χ0) is 14.1. The van der Waals surface area contributed by atoms with E-state index >= 15 is 0 Å². The molecule has 1 unspecified atom stereocenters. The van der Waals surface area contributed by atoms with Crippen molar-refractivity contribution < 1.29 is 14.7 Å². The third kappa shape index (κ3) is 2.52. The summed E-state index contributed by atoms with van der Waals surface area (Å²) in [5.74, 6) is -1.48. The fraction of sp³-hybridized carbons (Fsp3) is 0.333. The molecule has 0 aliphatic carbocycles. The number of aliphatic carboxylic acids is 1. The third-order valence-corrected chi connectivity index (χ3v) is 3.82. The van der Waals surface area contributed by atoms with E-state index in [-0.39, 0.29) is 5.91 Å². The van der Waals surface area contributed by atoms with E-state index in [2.05, 4.69) is 15.9 Å². The minimum Gasteiger partial charge on any atom is -0.479 e. The van der Waals surface area contributed by atoms with Gasteiger partial charge >= 0.3 is 5.97 Å². The largest absolute Gasteiger partial charge is 0.479 e. The van der Waals surface area contributed by atoms with Crippen LogP contribution < -0.4 is 0 Å². The molecule has 4 nitrogen and oxygen atoms in total. The fourth-order valence-corrected chi connectivity index (χ4v) is 2.50. The first-order chi connectivity index (χ1) is 8.21. The minimum atomic E-state index is -1.50. The van der Waals surface area contributed by atoms with Gasteiger partial charge in [-0.2, -0.15) is 0 Å². The van der Waals surface area contributed by atoms with Gasteiger partial charge in [-0.25, -0.2) is 4.79 Å². The molecule has 0 spiro atoms. The molecule has 0 aliphatic rings. The van der Waals surface area contributed by atoms with E-state index in [0.717, 1.165) is 9.37 Å². The van der Waals surface area contributed by atoms with Crippen molar-refractivity contribution in [1.29, 1.82) is 0 Å². The number of carboxylic acids is 1. The smallest absolute Gasteiger partial charge is 0.334 e. The lowest BCUT2D eigenvalue weighted by molar-refractivity contribution is -0.156. The topological polar surface area (TPSA) is 57.6 Å². The van der Waals surface area contributed by atoms with Gasteiger partial charge < -0.3 is 10.0 Å². The van der Waals surface area contributed by atoms with Gasteiger partial charge in [0.15, 0.2) is 5.54 Å². The number of amides is 1. The van der Waals surface area contributed by atoms with Crippen molar-refractivity contribution in [3.05, 3.63) is 33.3 Å². The summed E-state index contributed by atoms with van der Waals surface area (Å²) in [5.41, 5.74) is -1.12. The summed E-state index contributed by atoms with van der Waals surface area (Å²) >= 11 is 9.33. The van der Waals surface area contributed by atoms with Crippen molar-refractivity contribution in [2.75, 3.05) is 7.05 Å². The molecular weight excluding hydrogens is 321 g/mol. The van der Waals surface area contributed by atoms with Crippen LogP contribution in [0.15, 0.2) is 22.7 Å². The van der Waals surface area contributed by atoms with Gasteiger partial charge in [0.05, 0.1) is 0 Å². The average Bonchev–Trinajstić information content (AvgIpc) is 2.26. The van der Waals surface area contributed by atoms with E-state index in [1.54, 1.807) is 18.2 Å². The molecule has 6 heteroatoms. The van der Waals surface area contributed by atoms with Gasteiger partial charge in [0.2, 0.25) is 5.91 Å². The van der Waals surface area contributed by atoms with Gasteiger partial charge in [-0.3, -0.25) is 4.79 Å². The first kappa shape index (κ1) is 15.0. The van der Waals surface area contributed by atoms with Crippen LogP contribution in [-0.2, 0) is 15.1 Å². The molecule has 0 saturated carbocycles. The standard InChI is InChI=1S/C12H13BrClNO3/c1-7(16)15(3)12(2,11(17)18)9-5-4-8(13)6-10(9)14/h4-6H,1-3H3,(H,17,18). The Hall–Kier alpha value is -1.07. The monoisotopic (exact) mass is 333 g/mol. The molecule has 1 N–H and O–H groups in total. The van der Waals surface area contributed by atoms with E-state index < -0.39 is 11.5 Å². The number of rotatable bonds is 3. The highest BCUT2D eigenvalue weighted by Gasteiger charge is 2.42. The molecule has 0 radical (unpaired) electrons. The second-order valence-electron chi connectivity index (χ2n) is 4.08. The number of hydrogen-bond acceptors (Lipinski definition) is 2. The number of carbonyl (C=O) groups is 2. The number of carboxylic acid groups (broad SMARTS) is 1. The maximum atomic E-state index is 11.5. The zero-order valence-corrected chi connectivity index (χ0v) is 12.5. The molecule has 0 saturated heterocycles. The van der Waals surface area contributed by atoms with Crippen molar-refractivity contribution in [2.45, 2.75) is 19.4 Å². The van der Waals surface area contributed by atoms with E-state index in [9.17, 15) is 14.7 Å². The second kappa shape index (κ2) is 5.28. The summed E-state index contributed by atoms with van der Waals surface area (Å²) in [7, 11) is 1.44. The minimum absolute atomic E-state index is 0.294. The lowest BCUT2D eigenvalue weighted by Gasteiger charge is -2.35. The molecule has 1 rings (SSSR count). The molecule has 0 bridgehead atoms. The van der Waals surface area contributed by atoms with Crippen LogP contribution >= 0.6 is 27.5 Å². The van der Waals surface area contributed by atoms with Gasteiger partial charge in [-0.1, -0.05) is 33.6 Å². The summed E-state index contributed by atoms with van der Waals surface area (Å²) in [6, 6.07) is 4.89. The maximum absolute atomic E-state index is 11.5. The molecule has 0 heterocycles. The molecule has 1 aromatic carbocycles. The summed E-state index contributed by atoms with van der Waals surface area (Å²) in [6.07, 6.45) is 0. The molecule has 0 aromatic heterocycles. The Kier molecular flexibility index (Phi) is 4.40. The van der Waals surface area contributed by atoms with Gasteiger partial charge in [-0.05, 0) is 19.1 Å².